The number of nitrogens with one attached hydrogen (secondary N) is 1. The fourth-order valence-electron chi connectivity index (χ4n) is 1.07. The van der Waals surface area contributed by atoms with Gasteiger partial charge in [-0.05, 0) is 18.6 Å². The lowest BCUT2D eigenvalue weighted by molar-refractivity contribution is 0.629. The van der Waals surface area contributed by atoms with Crippen molar-refractivity contribution in [2.24, 2.45) is 0 Å². The Morgan fingerprint density at radius 3 is 2.36 bits per heavy atom. The SMILES string of the molecule is CCCCNc1cc(Cl)c(F)c(Cl)c1. The highest BCUT2D eigenvalue weighted by Gasteiger charge is 2.06. The molecule has 78 valence electrons. The molecule has 0 saturated carbocycles. The third kappa shape index (κ3) is 3.03. The third-order valence-electron chi connectivity index (χ3n) is 1.84. The average Bonchev–Trinajstić information content (AvgIpc) is 2.14. The Hall–Kier alpha value is -0.470. The second kappa shape index (κ2) is 5.42. The van der Waals surface area contributed by atoms with Gasteiger partial charge in [0.15, 0.2) is 5.82 Å². The Kier molecular flexibility index (Phi) is 4.49. The number of unbranched alkanes of at least 4 members (excludes halogenated alkanes) is 1. The van der Waals surface area contributed by atoms with E-state index in [1.54, 1.807) is 12.1 Å². The first-order chi connectivity index (χ1) is 6.65. The minimum atomic E-state index is -0.561. The van der Waals surface area contributed by atoms with Gasteiger partial charge in [-0.1, -0.05) is 36.5 Å². The minimum Gasteiger partial charge on any atom is -0.385 e. The van der Waals surface area contributed by atoms with Crippen LogP contribution in [0.4, 0.5) is 10.1 Å². The van der Waals surface area contributed by atoms with E-state index in [1.807, 2.05) is 0 Å². The Balaban J connectivity index is 2.69. The van der Waals surface area contributed by atoms with E-state index in [-0.39, 0.29) is 10.0 Å². The summed E-state index contributed by atoms with van der Waals surface area (Å²) in [5, 5.41) is 3.22. The van der Waals surface area contributed by atoms with Gasteiger partial charge in [-0.25, -0.2) is 4.39 Å². The lowest BCUT2D eigenvalue weighted by Crippen LogP contribution is -2.01. The molecule has 1 aromatic carbocycles. The summed E-state index contributed by atoms with van der Waals surface area (Å²) < 4.78 is 13.0. The molecular weight excluding hydrogens is 224 g/mol. The van der Waals surface area contributed by atoms with Gasteiger partial charge in [0.25, 0.3) is 0 Å². The molecule has 0 bridgehead atoms. The van der Waals surface area contributed by atoms with Crippen molar-refractivity contribution < 1.29 is 4.39 Å². The molecule has 0 heterocycles. The van der Waals surface area contributed by atoms with Crippen LogP contribution >= 0.6 is 23.2 Å². The minimum absolute atomic E-state index is 0.0523. The van der Waals surface area contributed by atoms with Gasteiger partial charge < -0.3 is 5.32 Å². The van der Waals surface area contributed by atoms with Gasteiger partial charge in [0, 0.05) is 12.2 Å². The van der Waals surface area contributed by atoms with Crippen LogP contribution in [-0.2, 0) is 0 Å². The molecule has 0 amide bonds. The van der Waals surface area contributed by atoms with Crippen LogP contribution in [0.5, 0.6) is 0 Å². The van der Waals surface area contributed by atoms with Crippen molar-refractivity contribution in [3.8, 4) is 0 Å². The number of hydrogen-bond acceptors (Lipinski definition) is 1. The summed E-state index contributed by atoms with van der Waals surface area (Å²) in [5.41, 5.74) is 0.759. The maximum Gasteiger partial charge on any atom is 0.160 e. The average molecular weight is 236 g/mol. The molecule has 0 aliphatic carbocycles. The van der Waals surface area contributed by atoms with Crippen molar-refractivity contribution in [2.45, 2.75) is 19.8 Å². The van der Waals surface area contributed by atoms with Gasteiger partial charge in [0.1, 0.15) is 0 Å². The Bertz CT molecular complexity index is 292. The summed E-state index contributed by atoms with van der Waals surface area (Å²) in [6.45, 7) is 2.95. The summed E-state index contributed by atoms with van der Waals surface area (Å²) in [6.07, 6.45) is 2.17. The van der Waals surface area contributed by atoms with Crippen LogP contribution in [0.3, 0.4) is 0 Å². The smallest absolute Gasteiger partial charge is 0.160 e. The first kappa shape index (κ1) is 11.6. The first-order valence-electron chi connectivity index (χ1n) is 4.53. The maximum atomic E-state index is 13.0. The molecule has 1 rings (SSSR count). The van der Waals surface area contributed by atoms with Crippen LogP contribution in [-0.4, -0.2) is 6.54 Å². The normalized spacial score (nSPS) is 10.3. The van der Waals surface area contributed by atoms with Crippen molar-refractivity contribution in [2.75, 3.05) is 11.9 Å². The Labute approximate surface area is 93.2 Å². The number of anilines is 1. The summed E-state index contributed by atoms with van der Waals surface area (Å²) in [5.74, 6) is -0.561. The van der Waals surface area contributed by atoms with Gasteiger partial charge in [-0.2, -0.15) is 0 Å². The molecule has 0 saturated heterocycles. The first-order valence-corrected chi connectivity index (χ1v) is 5.29. The van der Waals surface area contributed by atoms with E-state index >= 15 is 0 Å². The molecule has 1 nitrogen and oxygen atoms in total. The number of benzene rings is 1. The Morgan fingerprint density at radius 2 is 1.86 bits per heavy atom. The highest BCUT2D eigenvalue weighted by atomic mass is 35.5. The molecule has 14 heavy (non-hydrogen) atoms. The topological polar surface area (TPSA) is 12.0 Å². The van der Waals surface area contributed by atoms with E-state index in [9.17, 15) is 4.39 Å². The second-order valence-electron chi connectivity index (χ2n) is 3.03. The molecule has 4 heteroatoms. The maximum absolute atomic E-state index is 13.0. The molecular formula is C10H12Cl2FN. The van der Waals surface area contributed by atoms with Crippen molar-refractivity contribution in [3.63, 3.8) is 0 Å². The van der Waals surface area contributed by atoms with Crippen molar-refractivity contribution in [3.05, 3.63) is 28.0 Å². The lowest BCUT2D eigenvalue weighted by atomic mass is 10.3. The fourth-order valence-corrected chi connectivity index (χ4v) is 1.55. The van der Waals surface area contributed by atoms with Crippen LogP contribution in [0.2, 0.25) is 10.0 Å². The molecule has 1 aromatic rings. The highest BCUT2D eigenvalue weighted by molar-refractivity contribution is 6.35. The van der Waals surface area contributed by atoms with Crippen LogP contribution in [0.25, 0.3) is 0 Å². The summed E-state index contributed by atoms with van der Waals surface area (Å²) in [4.78, 5) is 0. The molecule has 0 aromatic heterocycles. The van der Waals surface area contributed by atoms with Crippen molar-refractivity contribution in [1.29, 1.82) is 0 Å². The third-order valence-corrected chi connectivity index (χ3v) is 2.39. The van der Waals surface area contributed by atoms with Gasteiger partial charge >= 0.3 is 0 Å². The van der Waals surface area contributed by atoms with Crippen LogP contribution in [0.1, 0.15) is 19.8 Å². The molecule has 0 radical (unpaired) electrons. The predicted octanol–water partition coefficient (Wildman–Crippen LogP) is 4.34. The van der Waals surface area contributed by atoms with E-state index < -0.39 is 5.82 Å². The van der Waals surface area contributed by atoms with Crippen LogP contribution < -0.4 is 5.32 Å². The van der Waals surface area contributed by atoms with Gasteiger partial charge in [0.2, 0.25) is 0 Å². The van der Waals surface area contributed by atoms with Gasteiger partial charge in [-0.3, -0.25) is 0 Å². The van der Waals surface area contributed by atoms with E-state index in [2.05, 4.69) is 12.2 Å². The second-order valence-corrected chi connectivity index (χ2v) is 3.85. The Morgan fingerprint density at radius 1 is 1.29 bits per heavy atom. The quantitative estimate of drug-likeness (QED) is 0.605. The monoisotopic (exact) mass is 235 g/mol. The van der Waals surface area contributed by atoms with Crippen LogP contribution in [0, 0.1) is 5.82 Å². The number of rotatable bonds is 4. The van der Waals surface area contributed by atoms with Gasteiger partial charge in [-0.15, -0.1) is 0 Å². The zero-order chi connectivity index (χ0) is 10.6. The summed E-state index contributed by atoms with van der Waals surface area (Å²) in [6, 6.07) is 3.08. The fraction of sp³-hybridized carbons (Fsp3) is 0.400. The molecule has 0 spiro atoms. The zero-order valence-corrected chi connectivity index (χ0v) is 9.42. The molecule has 0 aliphatic rings. The molecule has 0 unspecified atom stereocenters. The summed E-state index contributed by atoms with van der Waals surface area (Å²) >= 11 is 11.3. The standard InChI is InChI=1S/C10H12Cl2FN/c1-2-3-4-14-7-5-8(11)10(13)9(12)6-7/h5-6,14H,2-4H2,1H3. The summed E-state index contributed by atoms with van der Waals surface area (Å²) in [7, 11) is 0. The van der Waals surface area contributed by atoms with Crippen molar-refractivity contribution in [1.82, 2.24) is 0 Å². The highest BCUT2D eigenvalue weighted by Crippen LogP contribution is 2.27. The van der Waals surface area contributed by atoms with E-state index in [0.29, 0.717) is 0 Å². The molecule has 0 atom stereocenters. The van der Waals surface area contributed by atoms with E-state index in [4.69, 9.17) is 23.2 Å². The number of hydrogen-bond donors (Lipinski definition) is 1. The molecule has 0 fully saturated rings. The van der Waals surface area contributed by atoms with Crippen molar-refractivity contribution >= 4 is 28.9 Å². The molecule has 1 N–H and O–H groups in total. The zero-order valence-electron chi connectivity index (χ0n) is 7.91. The molecule has 0 aliphatic heterocycles. The number of halogens is 3. The van der Waals surface area contributed by atoms with Crippen LogP contribution in [0.15, 0.2) is 12.1 Å². The predicted molar refractivity (Wildman–Crippen MR) is 59.8 cm³/mol. The van der Waals surface area contributed by atoms with Gasteiger partial charge in [0.05, 0.1) is 10.0 Å². The van der Waals surface area contributed by atoms with E-state index in [1.165, 1.54) is 0 Å². The largest absolute Gasteiger partial charge is 0.385 e. The van der Waals surface area contributed by atoms with E-state index in [0.717, 1.165) is 25.1 Å². The lowest BCUT2D eigenvalue weighted by Gasteiger charge is -2.07.